The second kappa shape index (κ2) is 56.5. The van der Waals surface area contributed by atoms with Crippen LogP contribution in [0.1, 0.15) is 241 Å². The topological polar surface area (TPSA) is 461 Å². The highest BCUT2D eigenvalue weighted by Gasteiger charge is 2.56. The first-order chi connectivity index (χ1) is 52.9. The Morgan fingerprint density at radius 3 is 1.52 bits per heavy atom. The van der Waals surface area contributed by atoms with E-state index >= 15 is 0 Å². The first-order valence-corrected chi connectivity index (χ1v) is 42.1. The molecule has 33 heteroatoms. The fourth-order valence-electron chi connectivity index (χ4n) is 13.2. The maximum absolute atomic E-state index is 13.7. The van der Waals surface area contributed by atoms with Gasteiger partial charge in [0.25, 0.3) is 0 Å². The number of amides is 3. The van der Waals surface area contributed by atoms with Crippen LogP contribution in [-0.4, -0.2) is 269 Å². The molecule has 0 aliphatic carbocycles. The number of aliphatic hydroxyl groups excluding tert-OH is 10. The molecule has 4 aliphatic heterocycles. The normalized spacial score (nSPS) is 29.7. The molecular weight excluding hydrogens is 1460 g/mol. The van der Waals surface area contributed by atoms with Crippen molar-refractivity contribution in [3.63, 3.8) is 0 Å². The lowest BCUT2D eigenvalue weighted by Gasteiger charge is -2.51. The summed E-state index contributed by atoms with van der Waals surface area (Å²) in [7, 11) is -3.18. The zero-order chi connectivity index (χ0) is 80.8. The molecule has 0 spiro atoms. The lowest BCUT2D eigenvalue weighted by Crippen LogP contribution is -2.70. The van der Waals surface area contributed by atoms with Crippen molar-refractivity contribution in [2.75, 3.05) is 59.8 Å². The maximum atomic E-state index is 13.7. The summed E-state index contributed by atoms with van der Waals surface area (Å²) in [5.74, 6) is -2.93. The Morgan fingerprint density at radius 2 is 0.973 bits per heavy atom. The van der Waals surface area contributed by atoms with E-state index in [1.807, 2.05) is 12.2 Å². The predicted molar refractivity (Wildman–Crippen MR) is 402 cm³/mol. The first kappa shape index (κ1) is 98.6. The van der Waals surface area contributed by atoms with Crippen molar-refractivity contribution < 1.29 is 141 Å². The van der Waals surface area contributed by atoms with Crippen molar-refractivity contribution >= 4 is 37.5 Å². The van der Waals surface area contributed by atoms with Crippen LogP contribution in [0, 0.1) is 5.92 Å². The first-order valence-electron chi connectivity index (χ1n) is 40.7. The second-order valence-corrected chi connectivity index (χ2v) is 31.0. The van der Waals surface area contributed by atoms with E-state index in [4.69, 9.17) is 60.9 Å². The average molecular weight is 1600 g/mol. The Kier molecular flexibility index (Phi) is 50.6. The molecule has 0 aromatic carbocycles. The minimum absolute atomic E-state index is 0.0230. The van der Waals surface area contributed by atoms with Gasteiger partial charge in [0.15, 0.2) is 31.3 Å². The summed E-state index contributed by atoms with van der Waals surface area (Å²) in [6, 6.07) is -1.50. The van der Waals surface area contributed by atoms with E-state index in [-0.39, 0.29) is 70.4 Å². The van der Waals surface area contributed by atoms with Crippen LogP contribution in [0.3, 0.4) is 0 Å². The molecular formula is C77H138N3O29P. The van der Waals surface area contributed by atoms with Crippen LogP contribution in [-0.2, 0) is 89.5 Å². The number of phosphoric acid groups is 1. The molecule has 0 aromatic heterocycles. The van der Waals surface area contributed by atoms with E-state index in [1.54, 1.807) is 0 Å². The van der Waals surface area contributed by atoms with Crippen LogP contribution in [0.15, 0.2) is 24.3 Å². The molecule has 0 aromatic rings. The number of carbonyl (C=O) groups excluding carboxylic acids is 5. The van der Waals surface area contributed by atoms with Crippen LogP contribution in [0.4, 0.5) is 0 Å². The Balaban J connectivity index is 1.30. The van der Waals surface area contributed by atoms with Crippen LogP contribution >= 0.6 is 7.82 Å². The van der Waals surface area contributed by atoms with Gasteiger partial charge in [0.1, 0.15) is 92.0 Å². The quantitative estimate of drug-likeness (QED) is 0.0147. The monoisotopic (exact) mass is 1600 g/mol. The molecule has 4 fully saturated rings. The number of hydrogen-bond donors (Lipinski definition) is 13. The fourth-order valence-corrected chi connectivity index (χ4v) is 14.2. The number of rotatable bonds is 59. The molecule has 4 heterocycles. The van der Waals surface area contributed by atoms with Gasteiger partial charge in [0.2, 0.25) is 17.7 Å². The highest BCUT2D eigenvalue weighted by atomic mass is 31.2. The van der Waals surface area contributed by atoms with E-state index in [0.717, 1.165) is 97.5 Å². The maximum Gasteiger partial charge on any atom is 0.474 e. The van der Waals surface area contributed by atoms with Gasteiger partial charge < -0.3 is 114 Å². The van der Waals surface area contributed by atoms with Crippen molar-refractivity contribution in [3.05, 3.63) is 24.3 Å². The van der Waals surface area contributed by atoms with Gasteiger partial charge in [-0.3, -0.25) is 37.5 Å². The largest absolute Gasteiger partial charge is 0.474 e. The SMILES string of the molecule is CCCCCCCC/C=C\C(CCCCCC)C(=O)OC[C@H](COP(=O)(OC)OCCNC(=O)CCCCC(=O)NCCCO[C@@H]1OC(CO)[C@@H](O[C@@H]2OC(C)[C@@H](O)C(O)[C@@H]2O)[C@H](O[C@@H]2OC(CO)[C@H](O)[C@H](O)C2O[C@@H]2OC(C)[C@@H](O)[C@H](O)C2O)C1NC(C)=O)OC(=O)CCCCCCC/C=C/CCCCCCCC. The minimum Gasteiger partial charge on any atom is -0.461 e. The van der Waals surface area contributed by atoms with Crippen LogP contribution < -0.4 is 16.0 Å². The predicted octanol–water partition coefficient (Wildman–Crippen LogP) is 5.83. The molecule has 3 amide bonds. The summed E-state index contributed by atoms with van der Waals surface area (Å²) in [6.07, 6.45) is 2.80. The van der Waals surface area contributed by atoms with Gasteiger partial charge in [-0.05, 0) is 84.5 Å². The number of aliphatic hydroxyl groups is 10. The number of nitrogens with one attached hydrogen (secondary N) is 3. The highest BCUT2D eigenvalue weighted by Crippen LogP contribution is 2.48. The number of hydrogen-bond acceptors (Lipinski definition) is 29. The number of ether oxygens (including phenoxy) is 10. The van der Waals surface area contributed by atoms with Gasteiger partial charge in [-0.15, -0.1) is 0 Å². The summed E-state index contributed by atoms with van der Waals surface area (Å²) in [5, 5.41) is 116. The van der Waals surface area contributed by atoms with Crippen LogP contribution in [0.5, 0.6) is 0 Å². The number of carbonyl (C=O) groups is 5. The summed E-state index contributed by atoms with van der Waals surface area (Å²) >= 11 is 0. The van der Waals surface area contributed by atoms with Crippen LogP contribution in [0.25, 0.3) is 0 Å². The molecule has 640 valence electrons. The van der Waals surface area contributed by atoms with E-state index < -0.39 is 180 Å². The molecule has 10 unspecified atom stereocenters. The molecule has 0 radical (unpaired) electrons. The molecule has 4 saturated heterocycles. The fraction of sp³-hybridized carbons (Fsp3) is 0.883. The number of esters is 2. The van der Waals surface area contributed by atoms with Gasteiger partial charge in [-0.1, -0.05) is 154 Å². The van der Waals surface area contributed by atoms with Crippen LogP contribution in [0.2, 0.25) is 0 Å². The lowest BCUT2D eigenvalue weighted by atomic mass is 9.94. The standard InChI is InChI=1S/C77H138N3O29P/c1-8-11-14-17-19-21-22-23-24-25-26-27-29-31-34-42-60(86)104-55(49-99-73(95)54(38-32-16-13-10-3)39-33-30-28-20-18-15-12-9-2)50-101-110(96,97-7)100-46-44-79-59(85)41-36-35-40-58(84)78-43-37-45-98-74-61(80-53(6)83)71(70(57(48-82)106-74)107-75-68(93)65(90)62(87)51(4)102-75)108-77-72(67(92)64(89)56(47-81)105-77)109-76-69(94)66(91)63(88)52(5)103-76/h23-24,33,39,51-52,54-57,61-72,74-77,81-82,87-94H,8-22,25-32,34-38,40-50H2,1-7H3,(H,78,84)(H,79,85)(H,80,83)/b24-23+,39-33-/t51?,52?,54?,55-,56?,57?,61?,62-,63-,64+,65?,66+,67+,68+,69?,70-,71-,72?,74-,75+,76+,77+,110?/m1/s1. The summed E-state index contributed by atoms with van der Waals surface area (Å²) in [4.78, 5) is 66.0. The van der Waals surface area contributed by atoms with Crippen molar-refractivity contribution in [2.45, 2.75) is 369 Å². The third-order valence-corrected chi connectivity index (χ3v) is 21.3. The van der Waals surface area contributed by atoms with E-state index in [1.165, 1.54) is 78.1 Å². The summed E-state index contributed by atoms with van der Waals surface area (Å²) in [6.45, 7) is 7.25. The van der Waals surface area contributed by atoms with Crippen molar-refractivity contribution in [1.82, 2.24) is 16.0 Å². The van der Waals surface area contributed by atoms with Gasteiger partial charge >= 0.3 is 19.8 Å². The Hall–Kier alpha value is -3.78. The Bertz CT molecular complexity index is 2620. The molecule has 4 rings (SSSR count). The minimum atomic E-state index is -4.31. The molecule has 110 heavy (non-hydrogen) atoms. The van der Waals surface area contributed by atoms with Crippen molar-refractivity contribution in [2.24, 2.45) is 5.92 Å². The Labute approximate surface area is 650 Å². The lowest BCUT2D eigenvalue weighted by molar-refractivity contribution is -0.391. The van der Waals surface area contributed by atoms with Gasteiger partial charge in [0.05, 0.1) is 51.2 Å². The summed E-state index contributed by atoms with van der Waals surface area (Å²) in [5.41, 5.74) is 0. The summed E-state index contributed by atoms with van der Waals surface area (Å²) < 4.78 is 89.8. The van der Waals surface area contributed by atoms with E-state index in [9.17, 15) is 79.6 Å². The number of allylic oxidation sites excluding steroid dienone is 3. The highest BCUT2D eigenvalue weighted by molar-refractivity contribution is 7.48. The third-order valence-electron chi connectivity index (χ3n) is 19.9. The second-order valence-electron chi connectivity index (χ2n) is 29.2. The smallest absolute Gasteiger partial charge is 0.461 e. The molecule has 0 bridgehead atoms. The molecule has 32 nitrogen and oxygen atoms in total. The average Bonchev–Trinajstić information content (AvgIpc) is 0.764. The van der Waals surface area contributed by atoms with E-state index in [2.05, 4.69) is 48.9 Å². The van der Waals surface area contributed by atoms with Gasteiger partial charge in [-0.2, -0.15) is 0 Å². The van der Waals surface area contributed by atoms with Crippen molar-refractivity contribution in [3.8, 4) is 0 Å². The third kappa shape index (κ3) is 36.6. The number of unbranched alkanes of at least 4 members (excludes halogenated alkanes) is 21. The van der Waals surface area contributed by atoms with Gasteiger partial charge in [-0.25, -0.2) is 4.57 Å². The molecule has 4 aliphatic rings. The number of phosphoric ester groups is 1. The Morgan fingerprint density at radius 1 is 0.482 bits per heavy atom. The van der Waals surface area contributed by atoms with E-state index in [0.29, 0.717) is 25.7 Å². The molecule has 23 atom stereocenters. The van der Waals surface area contributed by atoms with Gasteiger partial charge in [0, 0.05) is 46.4 Å². The van der Waals surface area contributed by atoms with Crippen molar-refractivity contribution in [1.29, 1.82) is 0 Å². The zero-order valence-electron chi connectivity index (χ0n) is 66.3. The molecule has 0 saturated carbocycles. The molecule has 13 N–H and O–H groups in total. The zero-order valence-corrected chi connectivity index (χ0v) is 67.2.